The molecule has 8 atom stereocenters. The van der Waals surface area contributed by atoms with Gasteiger partial charge in [-0.25, -0.2) is 13.2 Å². The van der Waals surface area contributed by atoms with Crippen LogP contribution in [0.25, 0.3) is 11.3 Å². The molecule has 4 fully saturated rings. The van der Waals surface area contributed by atoms with E-state index in [0.29, 0.717) is 35.6 Å². The summed E-state index contributed by atoms with van der Waals surface area (Å²) in [4.78, 5) is 2.53. The molecule has 0 spiro atoms. The largest absolute Gasteiger partial charge is 0.388 e. The predicted octanol–water partition coefficient (Wildman–Crippen LogP) is 5.90. The normalized spacial score (nSPS) is 36.8. The molecule has 0 radical (unpaired) electrons. The molecule has 2 heterocycles. The number of anilines is 1. The first-order valence-corrected chi connectivity index (χ1v) is 14.4. The molecular formula is C30H39F3N4O. The number of halogens is 3. The van der Waals surface area contributed by atoms with Gasteiger partial charge in [-0.05, 0) is 92.2 Å². The summed E-state index contributed by atoms with van der Waals surface area (Å²) in [7, 11) is 0. The summed E-state index contributed by atoms with van der Waals surface area (Å²) >= 11 is 0. The lowest BCUT2D eigenvalue weighted by Crippen LogP contribution is -2.57. The number of aromatic nitrogens is 2. The van der Waals surface area contributed by atoms with Crippen molar-refractivity contribution in [3.05, 3.63) is 41.7 Å². The summed E-state index contributed by atoms with van der Waals surface area (Å²) in [5.74, 6) is 0.899. The number of hydrogen-bond donors (Lipinski definition) is 2. The molecule has 6 rings (SSSR count). The van der Waals surface area contributed by atoms with Crippen LogP contribution in [0.3, 0.4) is 0 Å². The van der Waals surface area contributed by atoms with Crippen molar-refractivity contribution < 1.29 is 18.3 Å². The zero-order chi connectivity index (χ0) is 26.6. The van der Waals surface area contributed by atoms with Gasteiger partial charge < -0.3 is 10.4 Å². The molecule has 206 valence electrons. The molecule has 1 aromatic carbocycles. The molecule has 3 aliphatic carbocycles. The number of benzene rings is 1. The van der Waals surface area contributed by atoms with Gasteiger partial charge in [0.1, 0.15) is 11.6 Å². The van der Waals surface area contributed by atoms with Crippen LogP contribution in [0.2, 0.25) is 0 Å². The maximum absolute atomic E-state index is 14.1. The van der Waals surface area contributed by atoms with E-state index in [1.54, 1.807) is 6.07 Å². The Kier molecular flexibility index (Phi) is 6.92. The number of fused-ring (bicyclic) bond motifs is 3. The zero-order valence-electron chi connectivity index (χ0n) is 22.3. The summed E-state index contributed by atoms with van der Waals surface area (Å²) in [6.07, 6.45) is 8.19. The number of nitrogens with zero attached hydrogens (tertiary/aromatic N) is 3. The van der Waals surface area contributed by atoms with Gasteiger partial charge in [0.05, 0.1) is 11.3 Å². The second kappa shape index (κ2) is 10.1. The molecule has 8 heteroatoms. The van der Waals surface area contributed by atoms with Crippen molar-refractivity contribution in [2.24, 2.45) is 35.5 Å². The maximum atomic E-state index is 14.1. The van der Waals surface area contributed by atoms with Gasteiger partial charge in [-0.3, -0.25) is 4.90 Å². The molecular weight excluding hydrogens is 489 g/mol. The lowest BCUT2D eigenvalue weighted by atomic mass is 9.57. The highest BCUT2D eigenvalue weighted by molar-refractivity contribution is 5.60. The fraction of sp³-hybridized carbons (Fsp3) is 0.667. The van der Waals surface area contributed by atoms with Crippen LogP contribution in [0.4, 0.5) is 19.0 Å². The highest BCUT2D eigenvalue weighted by Gasteiger charge is 2.52. The van der Waals surface area contributed by atoms with E-state index in [-0.39, 0.29) is 17.3 Å². The quantitative estimate of drug-likeness (QED) is 0.458. The van der Waals surface area contributed by atoms with Gasteiger partial charge in [-0.1, -0.05) is 20.3 Å². The average molecular weight is 529 g/mol. The van der Waals surface area contributed by atoms with E-state index in [2.05, 4.69) is 34.3 Å². The second-order valence-electron chi connectivity index (χ2n) is 12.8. The Morgan fingerprint density at radius 1 is 1.00 bits per heavy atom. The number of rotatable bonds is 6. The third-order valence-corrected chi connectivity index (χ3v) is 10.3. The molecule has 5 nitrogen and oxygen atoms in total. The van der Waals surface area contributed by atoms with Crippen LogP contribution < -0.4 is 5.32 Å². The fourth-order valence-corrected chi connectivity index (χ4v) is 8.40. The molecule has 0 amide bonds. The summed E-state index contributed by atoms with van der Waals surface area (Å²) in [6.45, 7) is 7.43. The molecule has 1 aromatic heterocycles. The number of aliphatic hydroxyl groups is 1. The Bertz CT molecular complexity index is 1150. The summed E-state index contributed by atoms with van der Waals surface area (Å²) < 4.78 is 41.2. The average Bonchev–Trinajstić information content (AvgIpc) is 3.43. The van der Waals surface area contributed by atoms with Crippen molar-refractivity contribution in [2.75, 3.05) is 25.0 Å². The molecule has 3 saturated carbocycles. The number of likely N-dealkylation sites (tertiary alicyclic amines) is 1. The number of β-amino-alcohol motifs (C(OH)–C–C–N with tert-alkyl or cyclic N) is 1. The zero-order valence-corrected chi connectivity index (χ0v) is 22.3. The number of nitrogens with one attached hydrogen (secondary N) is 1. The molecule has 5 unspecified atom stereocenters. The summed E-state index contributed by atoms with van der Waals surface area (Å²) in [6, 6.07) is 4.94. The van der Waals surface area contributed by atoms with Crippen LogP contribution in [0.15, 0.2) is 24.3 Å². The minimum absolute atomic E-state index is 0.0924. The molecule has 2 bridgehead atoms. The standard InChI is InChI=1S/C30H39F3N4O/c1-3-18-7-19-6-17(2)30(38,22(8-18)9-19)16-37-14-20-10-24(11-21(20)15-37)34-28-5-4-27(35-36-28)25-12-23(31)13-26(32)29(25)33/h4-5,12-13,17-22,24,38H,3,6-11,14-16H2,1-2H3,(H,34,36)/t17?,18?,19?,20-,21+,22?,24+,30?. The highest BCUT2D eigenvalue weighted by atomic mass is 19.2. The van der Waals surface area contributed by atoms with Gasteiger partial charge in [0.25, 0.3) is 0 Å². The molecule has 38 heavy (non-hydrogen) atoms. The van der Waals surface area contributed by atoms with Crippen molar-refractivity contribution >= 4 is 5.82 Å². The Balaban J connectivity index is 1.04. The predicted molar refractivity (Wildman–Crippen MR) is 141 cm³/mol. The molecule has 1 aliphatic heterocycles. The third-order valence-electron chi connectivity index (χ3n) is 10.3. The van der Waals surface area contributed by atoms with Crippen molar-refractivity contribution in [3.8, 4) is 11.3 Å². The molecule has 1 saturated heterocycles. The van der Waals surface area contributed by atoms with Crippen molar-refractivity contribution in [2.45, 2.75) is 70.4 Å². The minimum atomic E-state index is -1.24. The van der Waals surface area contributed by atoms with Crippen LogP contribution in [-0.4, -0.2) is 51.5 Å². The van der Waals surface area contributed by atoms with Gasteiger partial charge >= 0.3 is 0 Å². The first-order chi connectivity index (χ1) is 18.2. The van der Waals surface area contributed by atoms with Crippen LogP contribution in [-0.2, 0) is 0 Å². The van der Waals surface area contributed by atoms with E-state index in [0.717, 1.165) is 56.8 Å². The van der Waals surface area contributed by atoms with Gasteiger partial charge in [0.2, 0.25) is 0 Å². The van der Waals surface area contributed by atoms with Crippen molar-refractivity contribution in [1.82, 2.24) is 15.1 Å². The van der Waals surface area contributed by atoms with Crippen molar-refractivity contribution in [3.63, 3.8) is 0 Å². The van der Waals surface area contributed by atoms with E-state index in [9.17, 15) is 18.3 Å². The van der Waals surface area contributed by atoms with Crippen molar-refractivity contribution in [1.29, 1.82) is 0 Å². The Morgan fingerprint density at radius 2 is 1.76 bits per heavy atom. The summed E-state index contributed by atoms with van der Waals surface area (Å²) in [5, 5.41) is 23.6. The van der Waals surface area contributed by atoms with Gasteiger partial charge in [-0.15, -0.1) is 10.2 Å². The first kappa shape index (κ1) is 26.1. The van der Waals surface area contributed by atoms with Crippen LogP contribution >= 0.6 is 0 Å². The van der Waals surface area contributed by atoms with E-state index >= 15 is 0 Å². The third kappa shape index (κ3) is 4.83. The van der Waals surface area contributed by atoms with E-state index in [4.69, 9.17) is 0 Å². The topological polar surface area (TPSA) is 61.3 Å². The second-order valence-corrected chi connectivity index (χ2v) is 12.8. The van der Waals surface area contributed by atoms with E-state index in [1.807, 2.05) is 0 Å². The Hall–Kier alpha value is -2.19. The highest BCUT2D eigenvalue weighted by Crippen LogP contribution is 2.51. The van der Waals surface area contributed by atoms with Crippen LogP contribution in [0.1, 0.15) is 58.8 Å². The van der Waals surface area contributed by atoms with E-state index in [1.165, 1.54) is 31.7 Å². The van der Waals surface area contributed by atoms with Gasteiger partial charge in [-0.2, -0.15) is 0 Å². The minimum Gasteiger partial charge on any atom is -0.388 e. The lowest BCUT2D eigenvalue weighted by molar-refractivity contribution is -0.139. The number of hydrogen-bond acceptors (Lipinski definition) is 5. The lowest BCUT2D eigenvalue weighted by Gasteiger charge is -2.53. The fourth-order valence-electron chi connectivity index (χ4n) is 8.40. The van der Waals surface area contributed by atoms with Gasteiger partial charge in [0.15, 0.2) is 11.6 Å². The molecule has 4 aliphatic rings. The summed E-state index contributed by atoms with van der Waals surface area (Å²) in [5.41, 5.74) is -0.711. The van der Waals surface area contributed by atoms with Crippen LogP contribution in [0, 0.1) is 53.0 Å². The van der Waals surface area contributed by atoms with E-state index < -0.39 is 23.1 Å². The molecule has 2 N–H and O–H groups in total. The smallest absolute Gasteiger partial charge is 0.168 e. The SMILES string of the molecule is CCC1CC2CC(C)C(O)(CN3C[C@H]4C[C@H](Nc5ccc(-c6cc(F)cc(F)c6F)nn5)C[C@H]4C3)C(C1)C2. The van der Waals surface area contributed by atoms with Crippen LogP contribution in [0.5, 0.6) is 0 Å². The first-order valence-electron chi connectivity index (χ1n) is 14.4. The Labute approximate surface area is 223 Å². The maximum Gasteiger partial charge on any atom is 0.168 e. The monoisotopic (exact) mass is 528 g/mol. The van der Waals surface area contributed by atoms with Gasteiger partial charge in [0, 0.05) is 37.3 Å². The Morgan fingerprint density at radius 3 is 2.45 bits per heavy atom. The molecule has 2 aromatic rings.